The predicted molar refractivity (Wildman–Crippen MR) is 73.3 cm³/mol. The third-order valence-electron chi connectivity index (χ3n) is 3.60. The molecule has 1 aliphatic rings. The molecule has 6 nitrogen and oxygen atoms in total. The van der Waals surface area contributed by atoms with Crippen LogP contribution in [-0.2, 0) is 19.4 Å². The second-order valence-corrected chi connectivity index (χ2v) is 4.88. The molecule has 0 saturated heterocycles. The lowest BCUT2D eigenvalue weighted by atomic mass is 9.96. The van der Waals surface area contributed by atoms with Gasteiger partial charge in [0, 0.05) is 23.0 Å². The molecule has 1 aliphatic carbocycles. The lowest BCUT2D eigenvalue weighted by Gasteiger charge is -2.12. The molecule has 0 radical (unpaired) electrons. The first kappa shape index (κ1) is 12.8. The molecule has 0 unspecified atom stereocenters. The van der Waals surface area contributed by atoms with Gasteiger partial charge in [-0.05, 0) is 31.7 Å². The molecule has 0 aromatic carbocycles. The predicted octanol–water partition coefficient (Wildman–Crippen LogP) is 1.43. The Labute approximate surface area is 116 Å². The number of carbonyl (C=O) groups is 1. The molecule has 1 amide bonds. The van der Waals surface area contributed by atoms with Crippen molar-refractivity contribution in [1.82, 2.24) is 15.2 Å². The normalized spacial score (nSPS) is 13.8. The zero-order valence-corrected chi connectivity index (χ0v) is 11.0. The van der Waals surface area contributed by atoms with Crippen molar-refractivity contribution in [3.8, 4) is 0 Å². The number of aromatic amines is 1. The molecule has 0 spiro atoms. The average molecular weight is 272 g/mol. The molecule has 104 valence electrons. The molecule has 2 aromatic heterocycles. The van der Waals surface area contributed by atoms with Gasteiger partial charge in [0.2, 0.25) is 0 Å². The van der Waals surface area contributed by atoms with E-state index in [1.165, 1.54) is 6.20 Å². The van der Waals surface area contributed by atoms with Crippen molar-refractivity contribution >= 4 is 11.6 Å². The van der Waals surface area contributed by atoms with Crippen LogP contribution in [0.15, 0.2) is 18.5 Å². The Morgan fingerprint density at radius 2 is 2.25 bits per heavy atom. The fraction of sp³-hybridized carbons (Fsp3) is 0.357. The van der Waals surface area contributed by atoms with Crippen molar-refractivity contribution in [2.75, 3.05) is 5.32 Å². The third kappa shape index (κ3) is 2.30. The number of aliphatic hydroxyl groups excluding tert-OH is 1. The number of aromatic nitrogens is 3. The zero-order valence-electron chi connectivity index (χ0n) is 11.0. The molecule has 0 aliphatic heterocycles. The van der Waals surface area contributed by atoms with E-state index < -0.39 is 0 Å². The Morgan fingerprint density at radius 3 is 3.10 bits per heavy atom. The van der Waals surface area contributed by atoms with Gasteiger partial charge in [0.1, 0.15) is 0 Å². The Bertz CT molecular complexity index is 636. The minimum atomic E-state index is -0.257. The van der Waals surface area contributed by atoms with Crippen molar-refractivity contribution in [3.63, 3.8) is 0 Å². The number of carbonyl (C=O) groups excluding carboxylic acids is 1. The average Bonchev–Trinajstić information content (AvgIpc) is 2.92. The highest BCUT2D eigenvalue weighted by atomic mass is 16.3. The molecular formula is C14H16N4O2. The van der Waals surface area contributed by atoms with E-state index in [2.05, 4.69) is 20.5 Å². The summed E-state index contributed by atoms with van der Waals surface area (Å²) in [5, 5.41) is 19.1. The summed E-state index contributed by atoms with van der Waals surface area (Å²) in [6, 6.07) is 1.68. The molecule has 20 heavy (non-hydrogen) atoms. The van der Waals surface area contributed by atoms with Crippen LogP contribution in [0, 0.1) is 0 Å². The maximum absolute atomic E-state index is 12.3. The van der Waals surface area contributed by atoms with E-state index in [9.17, 15) is 9.90 Å². The number of nitrogens with one attached hydrogen (secondary N) is 2. The van der Waals surface area contributed by atoms with Crippen LogP contribution in [0.4, 0.5) is 5.69 Å². The van der Waals surface area contributed by atoms with E-state index in [1.807, 2.05) is 0 Å². The molecule has 2 heterocycles. The van der Waals surface area contributed by atoms with Gasteiger partial charge in [-0.15, -0.1) is 0 Å². The lowest BCUT2D eigenvalue weighted by molar-refractivity contribution is 0.102. The Hall–Kier alpha value is -2.21. The van der Waals surface area contributed by atoms with E-state index in [-0.39, 0.29) is 12.5 Å². The summed E-state index contributed by atoms with van der Waals surface area (Å²) < 4.78 is 0. The van der Waals surface area contributed by atoms with E-state index >= 15 is 0 Å². The largest absolute Gasteiger partial charge is 0.392 e. The fourth-order valence-electron chi connectivity index (χ4n) is 2.52. The Morgan fingerprint density at radius 1 is 1.40 bits per heavy atom. The maximum Gasteiger partial charge on any atom is 0.276 e. The summed E-state index contributed by atoms with van der Waals surface area (Å²) in [4.78, 5) is 16.3. The first-order valence-electron chi connectivity index (χ1n) is 6.71. The minimum absolute atomic E-state index is 0.142. The number of aliphatic hydroxyl groups is 1. The summed E-state index contributed by atoms with van der Waals surface area (Å²) in [6.07, 6.45) is 7.16. The van der Waals surface area contributed by atoms with Gasteiger partial charge in [0.05, 0.1) is 18.5 Å². The quantitative estimate of drug-likeness (QED) is 0.788. The minimum Gasteiger partial charge on any atom is -0.392 e. The topological polar surface area (TPSA) is 90.9 Å². The van der Waals surface area contributed by atoms with Gasteiger partial charge < -0.3 is 10.4 Å². The number of fused-ring (bicyclic) bond motifs is 1. The first-order valence-corrected chi connectivity index (χ1v) is 6.71. The first-order chi connectivity index (χ1) is 9.79. The SMILES string of the molecule is O=C(Nc1cnccc1CO)c1n[nH]c2c1CCCC2. The molecule has 0 bridgehead atoms. The summed E-state index contributed by atoms with van der Waals surface area (Å²) in [7, 11) is 0. The van der Waals surface area contributed by atoms with Gasteiger partial charge in [-0.2, -0.15) is 5.10 Å². The van der Waals surface area contributed by atoms with Crippen LogP contribution in [0.2, 0.25) is 0 Å². The number of rotatable bonds is 3. The molecule has 2 aromatic rings. The third-order valence-corrected chi connectivity index (χ3v) is 3.60. The number of hydrogen-bond donors (Lipinski definition) is 3. The van der Waals surface area contributed by atoms with Crippen LogP contribution in [0.3, 0.4) is 0 Å². The highest BCUT2D eigenvalue weighted by molar-refractivity contribution is 6.04. The highest BCUT2D eigenvalue weighted by Gasteiger charge is 2.22. The zero-order chi connectivity index (χ0) is 13.9. The standard InChI is InChI=1S/C14H16N4O2/c19-8-9-5-6-15-7-12(9)16-14(20)13-10-3-1-2-4-11(10)17-18-13/h5-7,19H,1-4,8H2,(H,16,20)(H,17,18). The molecule has 0 saturated carbocycles. The van der Waals surface area contributed by atoms with Gasteiger partial charge in [0.15, 0.2) is 5.69 Å². The van der Waals surface area contributed by atoms with Crippen molar-refractivity contribution in [2.45, 2.75) is 32.3 Å². The fourth-order valence-corrected chi connectivity index (χ4v) is 2.52. The van der Waals surface area contributed by atoms with Gasteiger partial charge in [-0.25, -0.2) is 0 Å². The number of anilines is 1. The van der Waals surface area contributed by atoms with E-state index in [4.69, 9.17) is 0 Å². The van der Waals surface area contributed by atoms with Gasteiger partial charge in [-0.1, -0.05) is 0 Å². The monoisotopic (exact) mass is 272 g/mol. The van der Waals surface area contributed by atoms with Crippen LogP contribution in [0.5, 0.6) is 0 Å². The molecule has 3 N–H and O–H groups in total. The second kappa shape index (κ2) is 5.42. The van der Waals surface area contributed by atoms with Crippen LogP contribution in [-0.4, -0.2) is 26.2 Å². The van der Waals surface area contributed by atoms with E-state index in [0.717, 1.165) is 36.9 Å². The number of H-pyrrole nitrogens is 1. The Balaban J connectivity index is 1.85. The summed E-state index contributed by atoms with van der Waals surface area (Å²) in [6.45, 7) is -0.142. The summed E-state index contributed by atoms with van der Waals surface area (Å²) in [5.74, 6) is -0.257. The van der Waals surface area contributed by atoms with E-state index in [1.54, 1.807) is 12.3 Å². The highest BCUT2D eigenvalue weighted by Crippen LogP contribution is 2.23. The summed E-state index contributed by atoms with van der Waals surface area (Å²) >= 11 is 0. The van der Waals surface area contributed by atoms with Crippen molar-refractivity contribution in [1.29, 1.82) is 0 Å². The van der Waals surface area contributed by atoms with Crippen LogP contribution in [0.1, 0.15) is 40.2 Å². The number of hydrogen-bond acceptors (Lipinski definition) is 4. The lowest BCUT2D eigenvalue weighted by Crippen LogP contribution is -2.16. The van der Waals surface area contributed by atoms with Crippen LogP contribution >= 0.6 is 0 Å². The van der Waals surface area contributed by atoms with Crippen molar-refractivity contribution < 1.29 is 9.90 Å². The number of pyridine rings is 1. The number of nitrogens with zero attached hydrogens (tertiary/aromatic N) is 2. The second-order valence-electron chi connectivity index (χ2n) is 4.88. The molecule has 6 heteroatoms. The maximum atomic E-state index is 12.3. The molecular weight excluding hydrogens is 256 g/mol. The van der Waals surface area contributed by atoms with Crippen molar-refractivity contribution in [2.24, 2.45) is 0 Å². The molecule has 3 rings (SSSR count). The number of aryl methyl sites for hydroxylation is 1. The smallest absolute Gasteiger partial charge is 0.276 e. The summed E-state index contributed by atoms with van der Waals surface area (Å²) in [5.41, 5.74) is 3.69. The van der Waals surface area contributed by atoms with Crippen LogP contribution in [0.25, 0.3) is 0 Å². The number of amides is 1. The molecule has 0 atom stereocenters. The van der Waals surface area contributed by atoms with Gasteiger partial charge >= 0.3 is 0 Å². The Kier molecular flexibility index (Phi) is 3.47. The molecule has 0 fully saturated rings. The van der Waals surface area contributed by atoms with Gasteiger partial charge in [-0.3, -0.25) is 14.9 Å². The van der Waals surface area contributed by atoms with Gasteiger partial charge in [0.25, 0.3) is 5.91 Å². The van der Waals surface area contributed by atoms with E-state index in [0.29, 0.717) is 16.9 Å². The van der Waals surface area contributed by atoms with Crippen molar-refractivity contribution in [3.05, 3.63) is 41.0 Å². The van der Waals surface area contributed by atoms with Crippen LogP contribution < -0.4 is 5.32 Å².